The standard InChI is InChI=1S/C23H36I2O.3C2H6/c1-5-18(26)16-6-7-19-21(16,4)10-9-20-22(24)11-8-14(2)12-17(22)15(3)13-23(19,20)25;3*1-2/h14-17,19-20H,5-13H2,1-4H3;3*1-2H3. The van der Waals surface area contributed by atoms with Gasteiger partial charge in [-0.15, -0.1) is 0 Å². The predicted octanol–water partition coefficient (Wildman–Crippen LogP) is 10.3. The van der Waals surface area contributed by atoms with Gasteiger partial charge >= 0.3 is 0 Å². The average Bonchev–Trinajstić information content (AvgIpc) is 3.17. The van der Waals surface area contributed by atoms with Crippen LogP contribution in [0, 0.1) is 40.9 Å². The molecule has 0 saturated heterocycles. The minimum atomic E-state index is 0.270. The van der Waals surface area contributed by atoms with Gasteiger partial charge < -0.3 is 0 Å². The van der Waals surface area contributed by atoms with Gasteiger partial charge in [-0.3, -0.25) is 4.79 Å². The SMILES string of the molecule is CC.CC.CC.CCC(=O)C1CCC2C1(C)CCC1C3(I)CCC(C)CC3C(C)CC21I. The zero-order valence-electron chi connectivity index (χ0n) is 23.0. The van der Waals surface area contributed by atoms with Crippen LogP contribution in [0.15, 0.2) is 0 Å². The zero-order valence-corrected chi connectivity index (χ0v) is 27.3. The Morgan fingerprint density at radius 1 is 0.844 bits per heavy atom. The largest absolute Gasteiger partial charge is 0.299 e. The molecule has 0 radical (unpaired) electrons. The Hall–Kier alpha value is 1.13. The van der Waals surface area contributed by atoms with Gasteiger partial charge in [0.2, 0.25) is 0 Å². The van der Waals surface area contributed by atoms with Crippen molar-refractivity contribution in [3.63, 3.8) is 0 Å². The van der Waals surface area contributed by atoms with Crippen molar-refractivity contribution < 1.29 is 4.79 Å². The summed E-state index contributed by atoms with van der Waals surface area (Å²) in [6.45, 7) is 21.6. The molecule has 0 aliphatic heterocycles. The molecule has 0 aromatic rings. The molecule has 0 N–H and O–H groups in total. The van der Waals surface area contributed by atoms with E-state index in [1.807, 2.05) is 41.5 Å². The van der Waals surface area contributed by atoms with Crippen molar-refractivity contribution in [2.75, 3.05) is 0 Å². The molecule has 4 fully saturated rings. The van der Waals surface area contributed by atoms with Crippen molar-refractivity contribution in [1.29, 1.82) is 0 Å². The fraction of sp³-hybridized carbons (Fsp3) is 0.966. The lowest BCUT2D eigenvalue weighted by Crippen LogP contribution is -2.64. The second-order valence-corrected chi connectivity index (χ2v) is 14.6. The van der Waals surface area contributed by atoms with Gasteiger partial charge in [0, 0.05) is 19.2 Å². The molecule has 0 heterocycles. The van der Waals surface area contributed by atoms with E-state index >= 15 is 0 Å². The van der Waals surface area contributed by atoms with Crippen LogP contribution in [0.1, 0.15) is 127 Å². The highest BCUT2D eigenvalue weighted by Gasteiger charge is 2.68. The molecule has 32 heavy (non-hydrogen) atoms. The lowest BCUT2D eigenvalue weighted by Gasteiger charge is -2.65. The quantitative estimate of drug-likeness (QED) is 0.211. The second-order valence-electron chi connectivity index (χ2n) is 10.6. The number of fused-ring (bicyclic) bond motifs is 5. The van der Waals surface area contributed by atoms with Crippen molar-refractivity contribution in [2.45, 2.75) is 134 Å². The maximum Gasteiger partial charge on any atom is 0.136 e. The summed E-state index contributed by atoms with van der Waals surface area (Å²) in [6.07, 6.45) is 11.6. The number of halogens is 2. The van der Waals surface area contributed by atoms with Crippen LogP contribution in [0.25, 0.3) is 0 Å². The molecule has 4 saturated carbocycles. The first kappa shape index (κ1) is 31.2. The molecule has 0 aromatic heterocycles. The Labute approximate surface area is 229 Å². The molecule has 9 unspecified atom stereocenters. The van der Waals surface area contributed by atoms with E-state index in [1.165, 1.54) is 44.9 Å². The van der Waals surface area contributed by atoms with E-state index in [1.54, 1.807) is 0 Å². The summed E-state index contributed by atoms with van der Waals surface area (Å²) in [6, 6.07) is 0. The Morgan fingerprint density at radius 3 is 2.00 bits per heavy atom. The second kappa shape index (κ2) is 12.9. The van der Waals surface area contributed by atoms with Gasteiger partial charge in [-0.05, 0) is 86.4 Å². The Morgan fingerprint density at radius 2 is 1.44 bits per heavy atom. The molecule has 0 amide bonds. The smallest absolute Gasteiger partial charge is 0.136 e. The maximum atomic E-state index is 12.7. The van der Waals surface area contributed by atoms with E-state index in [9.17, 15) is 4.79 Å². The zero-order chi connectivity index (χ0) is 24.9. The Balaban J connectivity index is 0.000000789. The van der Waals surface area contributed by atoms with Crippen LogP contribution >= 0.6 is 45.2 Å². The summed E-state index contributed by atoms with van der Waals surface area (Å²) in [5.74, 6) is 5.17. The third-order valence-corrected chi connectivity index (χ3v) is 13.4. The lowest BCUT2D eigenvalue weighted by molar-refractivity contribution is -0.128. The van der Waals surface area contributed by atoms with Crippen LogP contribution < -0.4 is 0 Å². The van der Waals surface area contributed by atoms with Gasteiger partial charge in [0.1, 0.15) is 5.78 Å². The number of hydrogen-bond acceptors (Lipinski definition) is 1. The average molecular weight is 673 g/mol. The van der Waals surface area contributed by atoms with E-state index in [2.05, 4.69) is 72.9 Å². The highest BCUT2D eigenvalue weighted by Crippen LogP contribution is 2.72. The van der Waals surface area contributed by atoms with Crippen molar-refractivity contribution in [3.8, 4) is 0 Å². The molecule has 1 nitrogen and oxygen atoms in total. The number of Topliss-reactive ketones (excluding diaryl/α,β-unsaturated/α-hetero) is 1. The highest BCUT2D eigenvalue weighted by molar-refractivity contribution is 14.1. The van der Waals surface area contributed by atoms with Crippen molar-refractivity contribution in [2.24, 2.45) is 40.9 Å². The number of alkyl halides is 2. The molecule has 9 atom stereocenters. The van der Waals surface area contributed by atoms with E-state index in [-0.39, 0.29) is 5.41 Å². The van der Waals surface area contributed by atoms with E-state index in [4.69, 9.17) is 0 Å². The highest BCUT2D eigenvalue weighted by atomic mass is 127. The van der Waals surface area contributed by atoms with Crippen molar-refractivity contribution >= 4 is 51.0 Å². The molecule has 0 bridgehead atoms. The van der Waals surface area contributed by atoms with Crippen LogP contribution in [0.2, 0.25) is 0 Å². The summed E-state index contributed by atoms with van der Waals surface area (Å²) >= 11 is 5.89. The van der Waals surface area contributed by atoms with Crippen LogP contribution in [-0.2, 0) is 4.79 Å². The van der Waals surface area contributed by atoms with Crippen molar-refractivity contribution in [3.05, 3.63) is 0 Å². The molecular formula is C29H54I2O. The number of rotatable bonds is 2. The van der Waals surface area contributed by atoms with Gasteiger partial charge in [-0.2, -0.15) is 0 Å². The van der Waals surface area contributed by atoms with Crippen LogP contribution in [0.3, 0.4) is 0 Å². The van der Waals surface area contributed by atoms with Gasteiger partial charge in [0.25, 0.3) is 0 Å². The molecule has 4 rings (SSSR count). The minimum absolute atomic E-state index is 0.270. The topological polar surface area (TPSA) is 17.1 Å². The first-order valence-electron chi connectivity index (χ1n) is 14.1. The van der Waals surface area contributed by atoms with Gasteiger partial charge in [0.15, 0.2) is 0 Å². The molecule has 3 heteroatoms. The monoisotopic (exact) mass is 672 g/mol. The maximum absolute atomic E-state index is 12.7. The number of carbonyl (C=O) groups is 1. The first-order valence-corrected chi connectivity index (χ1v) is 16.2. The number of hydrogen-bond donors (Lipinski definition) is 0. The third kappa shape index (κ3) is 5.28. The summed E-state index contributed by atoms with van der Waals surface area (Å²) in [5, 5.41) is 0. The number of ketones is 1. The first-order chi connectivity index (χ1) is 15.2. The van der Waals surface area contributed by atoms with Crippen molar-refractivity contribution in [1.82, 2.24) is 0 Å². The van der Waals surface area contributed by atoms with Crippen LogP contribution in [-0.4, -0.2) is 12.6 Å². The van der Waals surface area contributed by atoms with Crippen LogP contribution in [0.5, 0.6) is 0 Å². The minimum Gasteiger partial charge on any atom is -0.299 e. The fourth-order valence-corrected chi connectivity index (χ4v) is 13.4. The summed E-state index contributed by atoms with van der Waals surface area (Å²) in [5.41, 5.74) is 0.270. The van der Waals surface area contributed by atoms with Gasteiger partial charge in [-0.25, -0.2) is 0 Å². The van der Waals surface area contributed by atoms with Crippen LogP contribution in [0.4, 0.5) is 0 Å². The van der Waals surface area contributed by atoms with Gasteiger partial charge in [0.05, 0.1) is 0 Å². The molecule has 4 aliphatic rings. The van der Waals surface area contributed by atoms with Gasteiger partial charge in [-0.1, -0.05) is 114 Å². The third-order valence-electron chi connectivity index (χ3n) is 9.40. The lowest BCUT2D eigenvalue weighted by atomic mass is 9.47. The molecular weight excluding hydrogens is 618 g/mol. The van der Waals surface area contributed by atoms with E-state index in [0.717, 1.165) is 42.4 Å². The summed E-state index contributed by atoms with van der Waals surface area (Å²) < 4.78 is 0.933. The Bertz CT molecular complexity index is 592. The Kier molecular flexibility index (Phi) is 12.6. The van der Waals surface area contributed by atoms with E-state index in [0.29, 0.717) is 18.5 Å². The molecule has 190 valence electrons. The fourth-order valence-electron chi connectivity index (χ4n) is 8.18. The number of carbonyl (C=O) groups excluding carboxylic acids is 1. The molecule has 0 spiro atoms. The predicted molar refractivity (Wildman–Crippen MR) is 160 cm³/mol. The normalized spacial score (nSPS) is 46.4. The van der Waals surface area contributed by atoms with E-state index < -0.39 is 0 Å². The summed E-state index contributed by atoms with van der Waals surface area (Å²) in [7, 11) is 0. The molecule has 0 aromatic carbocycles. The molecule has 4 aliphatic carbocycles. The summed E-state index contributed by atoms with van der Waals surface area (Å²) in [4.78, 5) is 12.7.